The van der Waals surface area contributed by atoms with E-state index in [0.29, 0.717) is 0 Å². The lowest BCUT2D eigenvalue weighted by molar-refractivity contribution is -0.759. The highest BCUT2D eigenvalue weighted by Gasteiger charge is 2.42. The molecular weight excluding hydrogens is 181 g/mol. The first kappa shape index (κ1) is 9.16. The Morgan fingerprint density at radius 1 is 1.92 bits per heavy atom. The first-order chi connectivity index (χ1) is 5.47. The van der Waals surface area contributed by atoms with E-state index in [0.717, 1.165) is 5.82 Å². The quantitative estimate of drug-likeness (QED) is 0.667. The first-order valence-electron chi connectivity index (χ1n) is 3.25. The van der Waals surface area contributed by atoms with E-state index in [2.05, 4.69) is 11.4 Å². The van der Waals surface area contributed by atoms with Gasteiger partial charge in [-0.1, -0.05) is 6.58 Å². The van der Waals surface area contributed by atoms with Gasteiger partial charge in [0.15, 0.2) is 0 Å². The van der Waals surface area contributed by atoms with Gasteiger partial charge in [0, 0.05) is 6.92 Å². The van der Waals surface area contributed by atoms with Gasteiger partial charge >= 0.3 is 0 Å². The molecule has 66 valence electrons. The predicted octanol–water partition coefficient (Wildman–Crippen LogP) is 1.35. The Labute approximate surface area is 69.3 Å². The fourth-order valence-electron chi connectivity index (χ4n) is 0.757. The Hall–Kier alpha value is -0.930. The van der Waals surface area contributed by atoms with Gasteiger partial charge in [-0.05, 0) is 5.82 Å². The molecule has 0 saturated heterocycles. The van der Waals surface area contributed by atoms with Crippen LogP contribution in [0.4, 0.5) is 0 Å². The average Bonchev–Trinajstić information content (AvgIpc) is 2.33. The zero-order valence-electron chi connectivity index (χ0n) is 6.51. The zero-order chi connectivity index (χ0) is 9.35. The van der Waals surface area contributed by atoms with Crippen molar-refractivity contribution in [3.8, 4) is 0 Å². The van der Waals surface area contributed by atoms with Crippen molar-refractivity contribution < 1.29 is 19.2 Å². The van der Waals surface area contributed by atoms with Crippen LogP contribution in [0.25, 0.3) is 0 Å². The van der Waals surface area contributed by atoms with Crippen LogP contribution >= 0.6 is 7.37 Å². The van der Waals surface area contributed by atoms with Crippen LogP contribution in [0, 0.1) is 4.91 Å². The van der Waals surface area contributed by atoms with Gasteiger partial charge < -0.3 is 4.89 Å². The molecule has 1 aliphatic heterocycles. The lowest BCUT2D eigenvalue weighted by Crippen LogP contribution is -2.07. The van der Waals surface area contributed by atoms with Gasteiger partial charge in [0.2, 0.25) is 0 Å². The number of rotatable bonds is 2. The summed E-state index contributed by atoms with van der Waals surface area (Å²) in [5, 5.41) is 0. The highest BCUT2D eigenvalue weighted by molar-refractivity contribution is 7.62. The summed E-state index contributed by atoms with van der Waals surface area (Å²) < 4.78 is 11.2. The van der Waals surface area contributed by atoms with Crippen molar-refractivity contribution in [1.82, 2.24) is 0 Å². The van der Waals surface area contributed by atoms with E-state index in [-0.39, 0.29) is 10.6 Å². The third-order valence-corrected chi connectivity index (χ3v) is 3.00. The van der Waals surface area contributed by atoms with Crippen molar-refractivity contribution in [2.24, 2.45) is 0 Å². The molecule has 1 heterocycles. The maximum atomic E-state index is 11.2. The van der Waals surface area contributed by atoms with Crippen LogP contribution in [0.5, 0.6) is 0 Å². The van der Waals surface area contributed by atoms with E-state index < -0.39 is 13.2 Å². The highest BCUT2D eigenvalue weighted by atomic mass is 31.2. The molecule has 0 spiro atoms. The predicted molar refractivity (Wildman–Crippen MR) is 42.3 cm³/mol. The van der Waals surface area contributed by atoms with Gasteiger partial charge in [-0.3, -0.25) is 4.57 Å². The van der Waals surface area contributed by atoms with Crippen molar-refractivity contribution in [1.29, 1.82) is 0 Å². The average molecular weight is 190 g/mol. The van der Waals surface area contributed by atoms with Crippen LogP contribution in [-0.4, -0.2) is 15.7 Å². The first-order valence-corrected chi connectivity index (χ1v) is 5.05. The van der Waals surface area contributed by atoms with E-state index in [4.69, 9.17) is 4.89 Å². The SMILES string of the molecule is C=CP(=O)(O)C1C=C(C)[N+](=O)O1. The molecule has 12 heavy (non-hydrogen) atoms. The fourth-order valence-corrected chi connectivity index (χ4v) is 1.61. The van der Waals surface area contributed by atoms with Crippen LogP contribution in [0.2, 0.25) is 0 Å². The van der Waals surface area contributed by atoms with Crippen molar-refractivity contribution in [2.45, 2.75) is 12.8 Å². The molecule has 0 aromatic carbocycles. The Kier molecular flexibility index (Phi) is 2.17. The van der Waals surface area contributed by atoms with Gasteiger partial charge in [-0.15, -0.1) is 0 Å². The summed E-state index contributed by atoms with van der Waals surface area (Å²) in [4.78, 5) is 24.6. The summed E-state index contributed by atoms with van der Waals surface area (Å²) in [6.07, 6.45) is 1.30. The summed E-state index contributed by atoms with van der Waals surface area (Å²) in [7, 11) is -3.57. The second-order valence-corrected chi connectivity index (χ2v) is 4.64. The van der Waals surface area contributed by atoms with E-state index in [9.17, 15) is 9.47 Å². The molecule has 1 aliphatic rings. The zero-order valence-corrected chi connectivity index (χ0v) is 7.40. The summed E-state index contributed by atoms with van der Waals surface area (Å²) in [5.74, 6) is -0.173. The third kappa shape index (κ3) is 1.47. The molecule has 0 aliphatic carbocycles. The molecule has 0 aromatic rings. The van der Waals surface area contributed by atoms with Crippen molar-refractivity contribution in [2.75, 3.05) is 0 Å². The molecule has 0 saturated carbocycles. The number of nitrogens with zero attached hydrogens (tertiary/aromatic N) is 1. The van der Waals surface area contributed by atoms with Crippen LogP contribution in [-0.2, 0) is 9.40 Å². The van der Waals surface area contributed by atoms with Crippen LogP contribution in [0.15, 0.2) is 24.2 Å². The fraction of sp³-hybridized carbons (Fsp3) is 0.333. The molecular formula is C6H9NO4P+. The molecule has 1 rings (SSSR count). The van der Waals surface area contributed by atoms with Crippen molar-refractivity contribution in [3.05, 3.63) is 29.1 Å². The third-order valence-electron chi connectivity index (χ3n) is 1.50. The molecule has 2 atom stereocenters. The topological polar surface area (TPSA) is 66.6 Å². The minimum absolute atomic E-state index is 0.219. The molecule has 0 fully saturated rings. The van der Waals surface area contributed by atoms with Gasteiger partial charge in [0.05, 0.1) is 11.0 Å². The van der Waals surface area contributed by atoms with Gasteiger partial charge in [-0.2, -0.15) is 0 Å². The molecule has 5 nitrogen and oxygen atoms in total. The maximum absolute atomic E-state index is 11.2. The normalized spacial score (nSPS) is 27.3. The molecule has 0 aromatic heterocycles. The summed E-state index contributed by atoms with van der Waals surface area (Å²) >= 11 is 0. The minimum Gasteiger partial charge on any atom is -0.339 e. The Morgan fingerprint density at radius 3 is 2.83 bits per heavy atom. The molecule has 0 amide bonds. The number of hydrogen-bond donors (Lipinski definition) is 1. The molecule has 0 radical (unpaired) electrons. The second-order valence-electron chi connectivity index (χ2n) is 2.42. The summed E-state index contributed by atoms with van der Waals surface area (Å²) in [6, 6.07) is 0. The van der Waals surface area contributed by atoms with Crippen LogP contribution in [0.1, 0.15) is 6.92 Å². The smallest absolute Gasteiger partial charge is 0.291 e. The summed E-state index contributed by atoms with van der Waals surface area (Å²) in [6.45, 7) is 4.68. The van der Waals surface area contributed by atoms with Gasteiger partial charge in [-0.25, -0.2) is 4.84 Å². The molecule has 6 heteroatoms. The van der Waals surface area contributed by atoms with E-state index in [1.54, 1.807) is 0 Å². The van der Waals surface area contributed by atoms with Crippen LogP contribution < -0.4 is 0 Å². The van der Waals surface area contributed by atoms with E-state index in [1.807, 2.05) is 0 Å². The lowest BCUT2D eigenvalue weighted by Gasteiger charge is -2.05. The number of allylic oxidation sites excluding steroid dienone is 1. The molecule has 0 bridgehead atoms. The number of hydrogen-bond acceptors (Lipinski definition) is 3. The van der Waals surface area contributed by atoms with Crippen molar-refractivity contribution in [3.63, 3.8) is 0 Å². The highest BCUT2D eigenvalue weighted by Crippen LogP contribution is 2.50. The second kappa shape index (κ2) is 2.84. The Bertz CT molecular complexity index is 309. The van der Waals surface area contributed by atoms with Crippen LogP contribution in [0.3, 0.4) is 0 Å². The van der Waals surface area contributed by atoms with E-state index in [1.165, 1.54) is 13.0 Å². The maximum Gasteiger partial charge on any atom is 0.291 e. The Balaban J connectivity index is 2.90. The lowest BCUT2D eigenvalue weighted by atomic mass is 10.5. The largest absolute Gasteiger partial charge is 0.339 e. The standard InChI is InChI=1S/C6H8NO4P/c1-3-12(9,10)6-4-5(2)7(8)11-6/h3-4,6H,1H2,2H3/p+1. The van der Waals surface area contributed by atoms with Gasteiger partial charge in [0.25, 0.3) is 23.8 Å². The minimum atomic E-state index is -3.57. The molecule has 1 N–H and O–H groups in total. The van der Waals surface area contributed by atoms with E-state index >= 15 is 0 Å². The van der Waals surface area contributed by atoms with Crippen molar-refractivity contribution >= 4 is 7.37 Å². The monoisotopic (exact) mass is 190 g/mol. The molecule has 2 unspecified atom stereocenters. The summed E-state index contributed by atoms with van der Waals surface area (Å²) in [5.41, 5.74) is 0.274. The van der Waals surface area contributed by atoms with Gasteiger partial charge in [0.1, 0.15) is 0 Å². The Morgan fingerprint density at radius 2 is 2.50 bits per heavy atom.